The zero-order chi connectivity index (χ0) is 14.8. The van der Waals surface area contributed by atoms with Gasteiger partial charge in [0, 0.05) is 17.2 Å². The Morgan fingerprint density at radius 1 is 1.50 bits per heavy atom. The minimum Gasteiger partial charge on any atom is -0.308 e. The van der Waals surface area contributed by atoms with Crippen molar-refractivity contribution in [2.75, 3.05) is 11.9 Å². The van der Waals surface area contributed by atoms with Gasteiger partial charge in [-0.3, -0.25) is 9.89 Å². The maximum Gasteiger partial charge on any atom is 0.242 e. The van der Waals surface area contributed by atoms with Gasteiger partial charge in [-0.25, -0.2) is 0 Å². The SMILES string of the molecule is CCC1CCNC(C(=O)Nc2cc(C(C)(C)C)[nH]n2)C1. The molecule has 0 aromatic carbocycles. The van der Waals surface area contributed by atoms with Crippen molar-refractivity contribution in [1.82, 2.24) is 15.5 Å². The summed E-state index contributed by atoms with van der Waals surface area (Å²) in [5.74, 6) is 1.28. The topological polar surface area (TPSA) is 69.8 Å². The molecule has 0 aliphatic carbocycles. The molecule has 1 aliphatic rings. The lowest BCUT2D eigenvalue weighted by Gasteiger charge is -2.28. The number of nitrogens with one attached hydrogen (secondary N) is 3. The number of aromatic nitrogens is 2. The van der Waals surface area contributed by atoms with E-state index in [4.69, 9.17) is 0 Å². The van der Waals surface area contributed by atoms with Crippen LogP contribution in [0.4, 0.5) is 5.82 Å². The van der Waals surface area contributed by atoms with E-state index in [0.717, 1.165) is 31.5 Å². The fourth-order valence-electron chi connectivity index (χ4n) is 2.55. The van der Waals surface area contributed by atoms with E-state index in [2.05, 4.69) is 48.5 Å². The molecule has 1 saturated heterocycles. The quantitative estimate of drug-likeness (QED) is 0.795. The van der Waals surface area contributed by atoms with Gasteiger partial charge in [-0.2, -0.15) is 5.10 Å². The number of aromatic amines is 1. The maximum atomic E-state index is 12.3. The molecule has 1 aromatic rings. The second-order valence-electron chi connectivity index (χ2n) is 6.71. The summed E-state index contributed by atoms with van der Waals surface area (Å²) in [6, 6.07) is 1.82. The first-order valence-corrected chi connectivity index (χ1v) is 7.50. The zero-order valence-electron chi connectivity index (χ0n) is 12.9. The first-order valence-electron chi connectivity index (χ1n) is 7.50. The van der Waals surface area contributed by atoms with Crippen LogP contribution >= 0.6 is 0 Å². The van der Waals surface area contributed by atoms with Crippen LogP contribution in [0.3, 0.4) is 0 Å². The van der Waals surface area contributed by atoms with E-state index in [1.165, 1.54) is 0 Å². The van der Waals surface area contributed by atoms with Crippen LogP contribution in [0, 0.1) is 5.92 Å². The smallest absolute Gasteiger partial charge is 0.242 e. The molecule has 112 valence electrons. The molecule has 20 heavy (non-hydrogen) atoms. The van der Waals surface area contributed by atoms with E-state index in [1.807, 2.05) is 6.07 Å². The normalized spacial score (nSPS) is 23.6. The number of anilines is 1. The summed E-state index contributed by atoms with van der Waals surface area (Å²) in [7, 11) is 0. The number of carbonyl (C=O) groups excluding carboxylic acids is 1. The first kappa shape index (κ1) is 15.0. The molecule has 2 atom stereocenters. The van der Waals surface area contributed by atoms with E-state index >= 15 is 0 Å². The maximum absolute atomic E-state index is 12.3. The molecule has 2 heterocycles. The molecule has 1 aliphatic heterocycles. The number of H-pyrrole nitrogens is 1. The van der Waals surface area contributed by atoms with Gasteiger partial charge in [0.05, 0.1) is 6.04 Å². The number of hydrogen-bond acceptors (Lipinski definition) is 3. The number of piperidine rings is 1. The van der Waals surface area contributed by atoms with Crippen molar-refractivity contribution in [3.63, 3.8) is 0 Å². The molecular formula is C15H26N4O. The molecular weight excluding hydrogens is 252 g/mol. The van der Waals surface area contributed by atoms with Crippen LogP contribution in [0.25, 0.3) is 0 Å². The highest BCUT2D eigenvalue weighted by molar-refractivity contribution is 5.94. The van der Waals surface area contributed by atoms with Gasteiger partial charge in [0.1, 0.15) is 0 Å². The van der Waals surface area contributed by atoms with Crippen LogP contribution in [0.1, 0.15) is 52.7 Å². The largest absolute Gasteiger partial charge is 0.308 e. The average molecular weight is 278 g/mol. The third-order valence-electron chi connectivity index (χ3n) is 4.04. The van der Waals surface area contributed by atoms with Crippen molar-refractivity contribution in [3.05, 3.63) is 11.8 Å². The Labute approximate surface area is 120 Å². The van der Waals surface area contributed by atoms with Crippen molar-refractivity contribution in [3.8, 4) is 0 Å². The summed E-state index contributed by atoms with van der Waals surface area (Å²) >= 11 is 0. The van der Waals surface area contributed by atoms with Gasteiger partial charge in [-0.15, -0.1) is 0 Å². The Balaban J connectivity index is 1.96. The Bertz CT molecular complexity index is 461. The highest BCUT2D eigenvalue weighted by atomic mass is 16.2. The van der Waals surface area contributed by atoms with Gasteiger partial charge < -0.3 is 10.6 Å². The lowest BCUT2D eigenvalue weighted by molar-refractivity contribution is -0.119. The van der Waals surface area contributed by atoms with Crippen molar-refractivity contribution in [2.45, 2.75) is 58.4 Å². The Morgan fingerprint density at radius 2 is 2.25 bits per heavy atom. The van der Waals surface area contributed by atoms with Crippen LogP contribution in [-0.2, 0) is 10.2 Å². The van der Waals surface area contributed by atoms with E-state index < -0.39 is 0 Å². The minimum absolute atomic E-state index is 0.00632. The van der Waals surface area contributed by atoms with Crippen molar-refractivity contribution in [1.29, 1.82) is 0 Å². The summed E-state index contributed by atoms with van der Waals surface area (Å²) in [5.41, 5.74) is 1.03. The molecule has 1 aromatic heterocycles. The van der Waals surface area contributed by atoms with Gasteiger partial charge in [0.25, 0.3) is 0 Å². The van der Waals surface area contributed by atoms with E-state index in [0.29, 0.717) is 11.7 Å². The second kappa shape index (κ2) is 5.95. The molecule has 0 saturated carbocycles. The molecule has 2 rings (SSSR count). The molecule has 0 radical (unpaired) electrons. The second-order valence-corrected chi connectivity index (χ2v) is 6.71. The van der Waals surface area contributed by atoms with E-state index in [1.54, 1.807) is 0 Å². The zero-order valence-corrected chi connectivity index (χ0v) is 12.9. The third kappa shape index (κ3) is 3.60. The highest BCUT2D eigenvalue weighted by Gasteiger charge is 2.26. The predicted octanol–water partition coefficient (Wildman–Crippen LogP) is 2.42. The first-order chi connectivity index (χ1) is 9.40. The Kier molecular flexibility index (Phi) is 4.48. The molecule has 0 spiro atoms. The summed E-state index contributed by atoms with van der Waals surface area (Å²) < 4.78 is 0. The fourth-order valence-corrected chi connectivity index (χ4v) is 2.55. The number of hydrogen-bond donors (Lipinski definition) is 3. The molecule has 5 heteroatoms. The summed E-state index contributed by atoms with van der Waals surface area (Å²) in [6.45, 7) is 9.45. The molecule has 0 bridgehead atoms. The third-order valence-corrected chi connectivity index (χ3v) is 4.04. The number of amides is 1. The standard InChI is InChI=1S/C15H26N4O/c1-5-10-6-7-16-11(8-10)14(20)17-13-9-12(18-19-13)15(2,3)4/h9-11,16H,5-8H2,1-4H3,(H2,17,18,19,20). The monoisotopic (exact) mass is 278 g/mol. The number of nitrogens with zero attached hydrogens (tertiary/aromatic N) is 1. The van der Waals surface area contributed by atoms with Crippen LogP contribution in [0.5, 0.6) is 0 Å². The number of carbonyl (C=O) groups is 1. The Morgan fingerprint density at radius 3 is 2.85 bits per heavy atom. The lowest BCUT2D eigenvalue weighted by Crippen LogP contribution is -2.46. The van der Waals surface area contributed by atoms with Crippen molar-refractivity contribution in [2.24, 2.45) is 5.92 Å². The van der Waals surface area contributed by atoms with Gasteiger partial charge in [-0.05, 0) is 25.3 Å². The van der Waals surface area contributed by atoms with Crippen molar-refractivity contribution >= 4 is 11.7 Å². The van der Waals surface area contributed by atoms with Gasteiger partial charge in [0.15, 0.2) is 5.82 Å². The van der Waals surface area contributed by atoms with Crippen LogP contribution < -0.4 is 10.6 Å². The van der Waals surface area contributed by atoms with Crippen LogP contribution in [-0.4, -0.2) is 28.7 Å². The van der Waals surface area contributed by atoms with Gasteiger partial charge in [0.2, 0.25) is 5.91 Å². The minimum atomic E-state index is -0.0940. The molecule has 1 fully saturated rings. The molecule has 3 N–H and O–H groups in total. The predicted molar refractivity (Wildman–Crippen MR) is 80.7 cm³/mol. The van der Waals surface area contributed by atoms with Gasteiger partial charge in [-0.1, -0.05) is 34.1 Å². The highest BCUT2D eigenvalue weighted by Crippen LogP contribution is 2.23. The van der Waals surface area contributed by atoms with Crippen molar-refractivity contribution < 1.29 is 4.79 Å². The number of rotatable bonds is 3. The Hall–Kier alpha value is -1.36. The fraction of sp³-hybridized carbons (Fsp3) is 0.733. The van der Waals surface area contributed by atoms with Gasteiger partial charge >= 0.3 is 0 Å². The molecule has 5 nitrogen and oxygen atoms in total. The molecule has 1 amide bonds. The average Bonchev–Trinajstić information content (AvgIpc) is 2.87. The lowest BCUT2D eigenvalue weighted by atomic mass is 9.90. The molecule has 2 unspecified atom stereocenters. The van der Waals surface area contributed by atoms with Crippen LogP contribution in [0.15, 0.2) is 6.07 Å². The summed E-state index contributed by atoms with van der Waals surface area (Å²) in [5, 5.41) is 13.4. The van der Waals surface area contributed by atoms with E-state index in [9.17, 15) is 4.79 Å². The van der Waals surface area contributed by atoms with Crippen LogP contribution in [0.2, 0.25) is 0 Å². The summed E-state index contributed by atoms with van der Waals surface area (Å²) in [4.78, 5) is 12.3. The van der Waals surface area contributed by atoms with E-state index in [-0.39, 0.29) is 17.4 Å². The summed E-state index contributed by atoms with van der Waals surface area (Å²) in [6.07, 6.45) is 3.22.